The van der Waals surface area contributed by atoms with Crippen LogP contribution >= 0.6 is 7.82 Å². The molecule has 0 heterocycles. The molecule has 1 aromatic carbocycles. The van der Waals surface area contributed by atoms with Crippen molar-refractivity contribution in [3.63, 3.8) is 0 Å². The van der Waals surface area contributed by atoms with Crippen molar-refractivity contribution in [2.75, 3.05) is 7.11 Å². The molecule has 0 aliphatic rings. The number of methoxy groups -OCH3 is 1. The highest BCUT2D eigenvalue weighted by Crippen LogP contribution is 2.26. The van der Waals surface area contributed by atoms with E-state index in [4.69, 9.17) is 33.8 Å². The molecule has 0 saturated carbocycles. The van der Waals surface area contributed by atoms with E-state index < -0.39 is 14.1 Å². The molecular formula is C9H15O7P. The van der Waals surface area contributed by atoms with Crippen LogP contribution < -0.4 is 9.47 Å². The Morgan fingerprint density at radius 3 is 1.94 bits per heavy atom. The summed E-state index contributed by atoms with van der Waals surface area (Å²) in [5.74, 6) is 1.17. The summed E-state index contributed by atoms with van der Waals surface area (Å²) in [5.41, 5.74) is 0. The summed E-state index contributed by atoms with van der Waals surface area (Å²) in [5, 5.41) is 8.95. The van der Waals surface area contributed by atoms with Crippen LogP contribution in [0, 0.1) is 0 Å². The molecule has 17 heavy (non-hydrogen) atoms. The summed E-state index contributed by atoms with van der Waals surface area (Å²) in [7, 11) is -3.08. The molecule has 1 atom stereocenters. The second-order valence-electron chi connectivity index (χ2n) is 2.88. The Bertz CT molecular complexity index is 365. The average molecular weight is 266 g/mol. The fourth-order valence-corrected chi connectivity index (χ4v) is 0.900. The van der Waals surface area contributed by atoms with Crippen molar-refractivity contribution in [2.45, 2.75) is 13.2 Å². The first-order valence-corrected chi connectivity index (χ1v) is 6.06. The number of hydrogen-bond donors (Lipinski definition) is 4. The van der Waals surface area contributed by atoms with Crippen LogP contribution in [0.15, 0.2) is 24.3 Å². The van der Waals surface area contributed by atoms with Gasteiger partial charge in [0.05, 0.1) is 7.11 Å². The van der Waals surface area contributed by atoms with Gasteiger partial charge in [0.25, 0.3) is 0 Å². The minimum absolute atomic E-state index is 0.551. The molecule has 0 saturated heterocycles. The lowest BCUT2D eigenvalue weighted by Gasteiger charge is -2.11. The minimum Gasteiger partial charge on any atom is -0.493 e. The topological polar surface area (TPSA) is 116 Å². The number of hydrogen-bond acceptors (Lipinski definition) is 4. The highest BCUT2D eigenvalue weighted by atomic mass is 31.2. The van der Waals surface area contributed by atoms with E-state index in [-0.39, 0.29) is 0 Å². The Labute approximate surface area is 98.5 Å². The third-order valence-electron chi connectivity index (χ3n) is 1.37. The normalized spacial score (nSPS) is 12.1. The second kappa shape index (κ2) is 7.26. The van der Waals surface area contributed by atoms with Gasteiger partial charge in [-0.1, -0.05) is 12.1 Å². The average Bonchev–Trinajstić information content (AvgIpc) is 2.15. The molecular weight excluding hydrogens is 251 g/mol. The lowest BCUT2D eigenvalue weighted by molar-refractivity contribution is -0.00205. The van der Waals surface area contributed by atoms with Gasteiger partial charge in [0.2, 0.25) is 0 Å². The van der Waals surface area contributed by atoms with Crippen LogP contribution in [0.5, 0.6) is 11.5 Å². The summed E-state index contributed by atoms with van der Waals surface area (Å²) in [6, 6.07) is 7.18. The number of aliphatic hydroxyl groups excluding tert-OH is 1. The molecule has 0 bridgehead atoms. The third kappa shape index (κ3) is 9.80. The van der Waals surface area contributed by atoms with Crippen molar-refractivity contribution < 1.29 is 33.8 Å². The van der Waals surface area contributed by atoms with Gasteiger partial charge >= 0.3 is 7.82 Å². The first-order chi connectivity index (χ1) is 7.74. The smallest absolute Gasteiger partial charge is 0.466 e. The fourth-order valence-electron chi connectivity index (χ4n) is 0.900. The highest BCUT2D eigenvalue weighted by Gasteiger charge is 2.04. The maximum Gasteiger partial charge on any atom is 0.466 e. The Hall–Kier alpha value is -1.11. The van der Waals surface area contributed by atoms with Gasteiger partial charge in [0.15, 0.2) is 17.8 Å². The Morgan fingerprint density at radius 2 is 1.59 bits per heavy atom. The predicted octanol–water partition coefficient (Wildman–Crippen LogP) is 0.484. The summed E-state index contributed by atoms with van der Waals surface area (Å²) in [4.78, 5) is 21.6. The molecule has 0 aliphatic heterocycles. The van der Waals surface area contributed by atoms with Gasteiger partial charge < -0.3 is 29.3 Å². The van der Waals surface area contributed by atoms with Crippen LogP contribution in [0.1, 0.15) is 6.92 Å². The Morgan fingerprint density at radius 1 is 1.18 bits per heavy atom. The zero-order valence-electron chi connectivity index (χ0n) is 9.35. The summed E-state index contributed by atoms with van der Waals surface area (Å²) in [6.07, 6.45) is -0.818. The van der Waals surface area contributed by atoms with Gasteiger partial charge in [0, 0.05) is 0 Å². The number of rotatable bonds is 3. The lowest BCUT2D eigenvalue weighted by Crippen LogP contribution is -2.10. The zero-order chi connectivity index (χ0) is 13.5. The van der Waals surface area contributed by atoms with E-state index in [2.05, 4.69) is 0 Å². The van der Waals surface area contributed by atoms with Crippen molar-refractivity contribution in [2.24, 2.45) is 0 Å². The van der Waals surface area contributed by atoms with E-state index in [1.165, 1.54) is 0 Å². The van der Waals surface area contributed by atoms with E-state index in [1.807, 2.05) is 12.1 Å². The maximum atomic E-state index is 8.95. The Balaban J connectivity index is 0.000000437. The molecule has 0 aliphatic carbocycles. The summed E-state index contributed by atoms with van der Waals surface area (Å²) in [6.45, 7) is 1.55. The van der Waals surface area contributed by atoms with Crippen LogP contribution in [-0.4, -0.2) is 33.2 Å². The third-order valence-corrected chi connectivity index (χ3v) is 1.37. The van der Waals surface area contributed by atoms with E-state index in [1.54, 1.807) is 26.2 Å². The predicted molar refractivity (Wildman–Crippen MR) is 59.6 cm³/mol. The molecule has 0 fully saturated rings. The van der Waals surface area contributed by atoms with Gasteiger partial charge in [-0.25, -0.2) is 4.57 Å². The SMILES string of the molecule is COc1ccccc1OC(C)O.O=P(O)(O)O. The summed E-state index contributed by atoms with van der Waals surface area (Å²) >= 11 is 0. The van der Waals surface area contributed by atoms with Crippen molar-refractivity contribution in [1.29, 1.82) is 0 Å². The molecule has 1 unspecified atom stereocenters. The van der Waals surface area contributed by atoms with Gasteiger partial charge in [-0.3, -0.25) is 0 Å². The van der Waals surface area contributed by atoms with Crippen LogP contribution in [0.2, 0.25) is 0 Å². The monoisotopic (exact) mass is 266 g/mol. The van der Waals surface area contributed by atoms with Crippen molar-refractivity contribution in [3.8, 4) is 11.5 Å². The van der Waals surface area contributed by atoms with Gasteiger partial charge in [-0.15, -0.1) is 0 Å². The fraction of sp³-hybridized carbons (Fsp3) is 0.333. The number of para-hydroxylation sites is 2. The number of benzene rings is 1. The largest absolute Gasteiger partial charge is 0.493 e. The zero-order valence-corrected chi connectivity index (χ0v) is 10.2. The molecule has 0 aromatic heterocycles. The molecule has 1 aromatic rings. The maximum absolute atomic E-state index is 8.95. The van der Waals surface area contributed by atoms with Gasteiger partial charge in [0.1, 0.15) is 0 Å². The lowest BCUT2D eigenvalue weighted by atomic mass is 10.3. The van der Waals surface area contributed by atoms with Crippen molar-refractivity contribution in [1.82, 2.24) is 0 Å². The molecule has 98 valence electrons. The quantitative estimate of drug-likeness (QED) is 0.464. The molecule has 1 rings (SSSR count). The van der Waals surface area contributed by atoms with Crippen LogP contribution in [0.25, 0.3) is 0 Å². The first-order valence-electron chi connectivity index (χ1n) is 4.50. The van der Waals surface area contributed by atoms with Crippen molar-refractivity contribution in [3.05, 3.63) is 24.3 Å². The molecule has 0 amide bonds. The van der Waals surface area contributed by atoms with Crippen LogP contribution in [-0.2, 0) is 4.57 Å². The highest BCUT2D eigenvalue weighted by molar-refractivity contribution is 7.45. The molecule has 7 nitrogen and oxygen atoms in total. The van der Waals surface area contributed by atoms with E-state index in [0.717, 1.165) is 0 Å². The summed E-state index contributed by atoms with van der Waals surface area (Å²) < 4.78 is 19.0. The molecule has 0 spiro atoms. The van der Waals surface area contributed by atoms with Gasteiger partial charge in [-0.05, 0) is 19.1 Å². The van der Waals surface area contributed by atoms with Crippen LogP contribution in [0.4, 0.5) is 0 Å². The number of aliphatic hydroxyl groups is 1. The van der Waals surface area contributed by atoms with E-state index >= 15 is 0 Å². The molecule has 4 N–H and O–H groups in total. The van der Waals surface area contributed by atoms with Crippen LogP contribution in [0.3, 0.4) is 0 Å². The first kappa shape index (κ1) is 15.9. The standard InChI is InChI=1S/C9H12O3.H3O4P/c1-7(10)12-9-6-4-3-5-8(9)11-2;1-5(2,3)4/h3-7,10H,1-2H3;(H3,1,2,3,4). The Kier molecular flexibility index (Phi) is 6.79. The van der Waals surface area contributed by atoms with Crippen molar-refractivity contribution >= 4 is 7.82 Å². The number of ether oxygens (including phenoxy) is 2. The molecule has 0 radical (unpaired) electrons. The van der Waals surface area contributed by atoms with Gasteiger partial charge in [-0.2, -0.15) is 0 Å². The molecule has 8 heteroatoms. The number of phosphoric acid groups is 1. The van der Waals surface area contributed by atoms with E-state index in [0.29, 0.717) is 11.5 Å². The minimum atomic E-state index is -4.64. The van der Waals surface area contributed by atoms with E-state index in [9.17, 15) is 0 Å². The second-order valence-corrected chi connectivity index (χ2v) is 3.91.